The summed E-state index contributed by atoms with van der Waals surface area (Å²) in [5, 5.41) is 18.9. The summed E-state index contributed by atoms with van der Waals surface area (Å²) < 4.78 is 1.59. The Bertz CT molecular complexity index is 530. The Balaban J connectivity index is 1.94. The third-order valence-electron chi connectivity index (χ3n) is 4.71. The first kappa shape index (κ1) is 11.7. The van der Waals surface area contributed by atoms with Gasteiger partial charge >= 0.3 is 5.69 Å². The number of aromatic nitrogens is 2. The van der Waals surface area contributed by atoms with Crippen LogP contribution in [0, 0.1) is 17.3 Å². The lowest BCUT2D eigenvalue weighted by atomic mass is 9.92. The van der Waals surface area contributed by atoms with E-state index in [9.17, 15) is 15.0 Å². The highest BCUT2D eigenvalue weighted by Crippen LogP contribution is 2.69. The molecule has 1 aromatic heterocycles. The minimum absolute atomic E-state index is 0.0231. The Labute approximate surface area is 104 Å². The molecule has 0 aliphatic heterocycles. The molecule has 1 aromatic rings. The van der Waals surface area contributed by atoms with Gasteiger partial charge in [0.1, 0.15) is 5.82 Å². The summed E-state index contributed by atoms with van der Waals surface area (Å²) in [5.74, 6) is 0.557. The molecule has 1 unspecified atom stereocenters. The number of hydrogen-bond acceptors (Lipinski definition) is 5. The molecule has 0 saturated heterocycles. The highest BCUT2D eigenvalue weighted by Gasteiger charge is 2.66. The summed E-state index contributed by atoms with van der Waals surface area (Å²) in [6.07, 6.45) is 3.25. The third kappa shape index (κ3) is 1.42. The molecular weight excluding hydrogens is 234 g/mol. The molecule has 2 fully saturated rings. The van der Waals surface area contributed by atoms with Gasteiger partial charge in [-0.2, -0.15) is 4.98 Å². The van der Waals surface area contributed by atoms with Gasteiger partial charge in [0.15, 0.2) is 0 Å². The summed E-state index contributed by atoms with van der Waals surface area (Å²) in [5.41, 5.74) is 4.94. The van der Waals surface area contributed by atoms with E-state index in [0.717, 1.165) is 6.42 Å². The molecule has 2 aliphatic rings. The van der Waals surface area contributed by atoms with Crippen LogP contribution in [0.2, 0.25) is 0 Å². The van der Waals surface area contributed by atoms with Crippen LogP contribution in [0.15, 0.2) is 17.1 Å². The number of fused-ring (bicyclic) bond motifs is 1. The van der Waals surface area contributed by atoms with E-state index < -0.39 is 0 Å². The van der Waals surface area contributed by atoms with Crippen LogP contribution in [0.25, 0.3) is 0 Å². The van der Waals surface area contributed by atoms with Gasteiger partial charge in [0.05, 0.1) is 0 Å². The number of nitrogens with zero attached hydrogens (tertiary/aromatic N) is 2. The van der Waals surface area contributed by atoms with Crippen molar-refractivity contribution < 1.29 is 10.2 Å². The molecule has 3 rings (SSSR count). The van der Waals surface area contributed by atoms with E-state index in [1.54, 1.807) is 16.8 Å². The molecule has 1 heterocycles. The molecule has 6 nitrogen and oxygen atoms in total. The number of nitrogen functional groups attached to an aromatic ring is 1. The summed E-state index contributed by atoms with van der Waals surface area (Å²) in [4.78, 5) is 15.6. The van der Waals surface area contributed by atoms with Crippen molar-refractivity contribution in [3.8, 4) is 0 Å². The Kier molecular flexibility index (Phi) is 2.46. The van der Waals surface area contributed by atoms with Gasteiger partial charge in [-0.3, -0.25) is 4.57 Å². The van der Waals surface area contributed by atoms with Crippen molar-refractivity contribution in [1.82, 2.24) is 9.55 Å². The monoisotopic (exact) mass is 251 g/mol. The first-order valence-electron chi connectivity index (χ1n) is 6.19. The van der Waals surface area contributed by atoms with Crippen LogP contribution in [0.4, 0.5) is 5.82 Å². The highest BCUT2D eigenvalue weighted by atomic mass is 16.3. The number of aliphatic hydroxyl groups is 2. The van der Waals surface area contributed by atoms with Gasteiger partial charge in [-0.15, -0.1) is 0 Å². The second-order valence-electron chi connectivity index (χ2n) is 5.43. The normalized spacial score (nSPS) is 37.6. The van der Waals surface area contributed by atoms with Crippen LogP contribution in [0.3, 0.4) is 0 Å². The zero-order valence-electron chi connectivity index (χ0n) is 9.99. The van der Waals surface area contributed by atoms with Crippen molar-refractivity contribution in [3.63, 3.8) is 0 Å². The topological polar surface area (TPSA) is 101 Å². The molecule has 2 saturated carbocycles. The van der Waals surface area contributed by atoms with Gasteiger partial charge in [-0.1, -0.05) is 0 Å². The molecule has 4 N–H and O–H groups in total. The number of anilines is 1. The minimum atomic E-state index is -0.350. The SMILES string of the molecule is Nc1ccn([C@H]2C[C@H](CO)C3(CO)C[C@H]23)c(=O)n1. The van der Waals surface area contributed by atoms with Gasteiger partial charge in [-0.25, -0.2) is 4.79 Å². The second kappa shape index (κ2) is 3.80. The third-order valence-corrected chi connectivity index (χ3v) is 4.71. The van der Waals surface area contributed by atoms with Crippen LogP contribution in [0.5, 0.6) is 0 Å². The van der Waals surface area contributed by atoms with Crippen molar-refractivity contribution in [2.24, 2.45) is 17.3 Å². The van der Waals surface area contributed by atoms with Crippen LogP contribution in [-0.4, -0.2) is 33.0 Å². The van der Waals surface area contributed by atoms with E-state index in [0.29, 0.717) is 6.42 Å². The zero-order valence-corrected chi connectivity index (χ0v) is 9.99. The van der Waals surface area contributed by atoms with Crippen molar-refractivity contribution in [2.45, 2.75) is 18.9 Å². The number of aliphatic hydroxyl groups excluding tert-OH is 2. The van der Waals surface area contributed by atoms with Crippen LogP contribution in [0.1, 0.15) is 18.9 Å². The summed E-state index contributed by atoms with van der Waals surface area (Å²) in [7, 11) is 0. The predicted molar refractivity (Wildman–Crippen MR) is 64.8 cm³/mol. The fraction of sp³-hybridized carbons (Fsp3) is 0.667. The first-order chi connectivity index (χ1) is 8.62. The van der Waals surface area contributed by atoms with Gasteiger partial charge in [0.25, 0.3) is 0 Å². The molecule has 4 atom stereocenters. The maximum atomic E-state index is 11.8. The molecule has 0 aromatic carbocycles. The van der Waals surface area contributed by atoms with E-state index in [2.05, 4.69) is 4.98 Å². The molecule has 0 radical (unpaired) electrons. The standard InChI is InChI=1S/C12H17N3O3/c13-10-1-2-15(11(18)14-10)9-3-7(5-16)12(6-17)4-8(9)12/h1-2,7-9,16-17H,3-6H2,(H2,13,14,18)/t7-,8-,9+,12?/m1/s1. The van der Waals surface area contributed by atoms with Gasteiger partial charge < -0.3 is 15.9 Å². The van der Waals surface area contributed by atoms with Crippen molar-refractivity contribution in [3.05, 3.63) is 22.7 Å². The fourth-order valence-corrected chi connectivity index (χ4v) is 3.58. The van der Waals surface area contributed by atoms with Crippen molar-refractivity contribution in [1.29, 1.82) is 0 Å². The van der Waals surface area contributed by atoms with E-state index in [4.69, 9.17) is 5.73 Å². The summed E-state index contributed by atoms with van der Waals surface area (Å²) in [6.45, 7) is 0.140. The lowest BCUT2D eigenvalue weighted by Crippen LogP contribution is -2.27. The molecule has 6 heteroatoms. The molecule has 2 aliphatic carbocycles. The lowest BCUT2D eigenvalue weighted by molar-refractivity contribution is 0.112. The van der Waals surface area contributed by atoms with E-state index in [-0.39, 0.29) is 48.0 Å². The smallest absolute Gasteiger partial charge is 0.349 e. The fourth-order valence-electron chi connectivity index (χ4n) is 3.58. The first-order valence-corrected chi connectivity index (χ1v) is 6.19. The average Bonchev–Trinajstić information content (AvgIpc) is 3.01. The molecule has 18 heavy (non-hydrogen) atoms. The Morgan fingerprint density at radius 2 is 2.33 bits per heavy atom. The maximum Gasteiger partial charge on any atom is 0.349 e. The van der Waals surface area contributed by atoms with E-state index in [1.807, 2.05) is 0 Å². The summed E-state index contributed by atoms with van der Waals surface area (Å²) >= 11 is 0. The van der Waals surface area contributed by atoms with E-state index in [1.165, 1.54) is 0 Å². The minimum Gasteiger partial charge on any atom is -0.396 e. The lowest BCUT2D eigenvalue weighted by Gasteiger charge is -2.19. The van der Waals surface area contributed by atoms with Crippen LogP contribution >= 0.6 is 0 Å². The average molecular weight is 251 g/mol. The molecular formula is C12H17N3O3. The maximum absolute atomic E-state index is 11.8. The molecule has 0 spiro atoms. The van der Waals surface area contributed by atoms with Gasteiger partial charge in [0.2, 0.25) is 0 Å². The Hall–Kier alpha value is -1.40. The Morgan fingerprint density at radius 1 is 1.56 bits per heavy atom. The predicted octanol–water partition coefficient (Wildman–Crippen LogP) is -0.623. The second-order valence-corrected chi connectivity index (χ2v) is 5.43. The quantitative estimate of drug-likeness (QED) is 0.664. The van der Waals surface area contributed by atoms with Crippen LogP contribution in [-0.2, 0) is 0 Å². The highest BCUT2D eigenvalue weighted by molar-refractivity contribution is 5.24. The molecule has 0 bridgehead atoms. The zero-order chi connectivity index (χ0) is 12.9. The van der Waals surface area contributed by atoms with Crippen molar-refractivity contribution >= 4 is 5.82 Å². The Morgan fingerprint density at radius 3 is 2.89 bits per heavy atom. The molecule has 98 valence electrons. The van der Waals surface area contributed by atoms with Gasteiger partial charge in [0, 0.05) is 30.9 Å². The number of nitrogens with two attached hydrogens (primary N) is 1. The number of hydrogen-bond donors (Lipinski definition) is 3. The van der Waals surface area contributed by atoms with Gasteiger partial charge in [-0.05, 0) is 30.7 Å². The van der Waals surface area contributed by atoms with Crippen LogP contribution < -0.4 is 11.4 Å². The number of rotatable bonds is 3. The van der Waals surface area contributed by atoms with E-state index >= 15 is 0 Å². The molecule has 0 amide bonds. The van der Waals surface area contributed by atoms with Crippen molar-refractivity contribution in [2.75, 3.05) is 18.9 Å². The summed E-state index contributed by atoms with van der Waals surface area (Å²) in [6, 6.07) is 1.63. The largest absolute Gasteiger partial charge is 0.396 e.